The summed E-state index contributed by atoms with van der Waals surface area (Å²) in [6, 6.07) is 8.02. The van der Waals surface area contributed by atoms with Crippen molar-refractivity contribution in [2.75, 3.05) is 0 Å². The topological polar surface area (TPSA) is 12.4 Å². The number of hydrogen-bond donors (Lipinski definition) is 0. The molecular formula is C7H4BrNS. The third kappa shape index (κ3) is 1.21. The van der Waals surface area contributed by atoms with Gasteiger partial charge < -0.3 is 17.0 Å². The molecule has 1 aromatic rings. The van der Waals surface area contributed by atoms with E-state index in [1.54, 1.807) is 11.8 Å². The van der Waals surface area contributed by atoms with E-state index in [1.807, 2.05) is 24.3 Å². The number of hydrogen-bond acceptors (Lipinski definition) is 2. The number of nitrogens with zero attached hydrogens (tertiary/aromatic N) is 1. The zero-order valence-corrected chi connectivity index (χ0v) is 7.45. The molecule has 0 atom stereocenters. The van der Waals surface area contributed by atoms with Crippen LogP contribution in [0.5, 0.6) is 0 Å². The molecule has 0 fully saturated rings. The van der Waals surface area contributed by atoms with Crippen LogP contribution in [0.15, 0.2) is 34.2 Å². The summed E-state index contributed by atoms with van der Waals surface area (Å²) in [4.78, 5) is 5.22. The number of halogens is 1. The minimum atomic E-state index is 0. The molecule has 1 aromatic carbocycles. The summed E-state index contributed by atoms with van der Waals surface area (Å²) in [6.45, 7) is 0. The number of para-hydroxylation sites is 1. The Morgan fingerprint density at radius 2 is 2.10 bits per heavy atom. The second-order valence-electron chi connectivity index (χ2n) is 1.77. The lowest BCUT2D eigenvalue weighted by Crippen LogP contribution is -3.00. The lowest BCUT2D eigenvalue weighted by atomic mass is 10.3. The van der Waals surface area contributed by atoms with Gasteiger partial charge in [-0.05, 0) is 12.1 Å². The smallest absolute Gasteiger partial charge is 0.272 e. The molecule has 0 N–H and O–H groups in total. The van der Waals surface area contributed by atoms with Crippen LogP contribution in [-0.2, 0) is 0 Å². The van der Waals surface area contributed by atoms with E-state index >= 15 is 0 Å². The molecule has 50 valence electrons. The molecule has 2 rings (SSSR count). The molecule has 0 radical (unpaired) electrons. The molecule has 0 saturated heterocycles. The van der Waals surface area contributed by atoms with Gasteiger partial charge in [-0.3, -0.25) is 0 Å². The van der Waals surface area contributed by atoms with Crippen molar-refractivity contribution < 1.29 is 17.0 Å². The first-order chi connectivity index (χ1) is 4.47. The highest BCUT2D eigenvalue weighted by atomic mass is 79.9. The van der Waals surface area contributed by atoms with Crippen LogP contribution >= 0.6 is 11.8 Å². The van der Waals surface area contributed by atoms with Crippen molar-refractivity contribution in [1.29, 1.82) is 0 Å². The molecule has 0 spiro atoms. The normalized spacial score (nSPS) is 11.6. The van der Waals surface area contributed by atoms with Crippen molar-refractivity contribution in [3.05, 3.63) is 24.3 Å². The average Bonchev–Trinajstić information content (AvgIpc) is 2.33. The molecular weight excluding hydrogens is 210 g/mol. The molecule has 10 heavy (non-hydrogen) atoms. The first kappa shape index (κ1) is 7.73. The van der Waals surface area contributed by atoms with Crippen molar-refractivity contribution in [2.24, 2.45) is 4.99 Å². The highest BCUT2D eigenvalue weighted by Crippen LogP contribution is 2.32. The minimum Gasteiger partial charge on any atom is -1.00 e. The van der Waals surface area contributed by atoms with Crippen molar-refractivity contribution in [1.82, 2.24) is 0 Å². The van der Waals surface area contributed by atoms with E-state index in [1.165, 1.54) is 4.90 Å². The van der Waals surface area contributed by atoms with Crippen LogP contribution < -0.4 is 17.0 Å². The predicted molar refractivity (Wildman–Crippen MR) is 39.4 cm³/mol. The van der Waals surface area contributed by atoms with Gasteiger partial charge in [0.05, 0.1) is 6.07 Å². The molecule has 0 aromatic heterocycles. The van der Waals surface area contributed by atoms with Gasteiger partial charge in [-0.25, -0.2) is 0 Å². The first-order valence-corrected chi connectivity index (χ1v) is 3.50. The summed E-state index contributed by atoms with van der Waals surface area (Å²) < 4.78 is 0. The Kier molecular flexibility index (Phi) is 2.44. The van der Waals surface area contributed by atoms with E-state index < -0.39 is 0 Å². The fourth-order valence-corrected chi connectivity index (χ4v) is 1.36. The highest BCUT2D eigenvalue weighted by Gasteiger charge is 2.17. The van der Waals surface area contributed by atoms with E-state index in [4.69, 9.17) is 0 Å². The van der Waals surface area contributed by atoms with Crippen LogP contribution in [0.25, 0.3) is 0 Å². The van der Waals surface area contributed by atoms with Crippen LogP contribution in [0.4, 0.5) is 5.69 Å². The van der Waals surface area contributed by atoms with Gasteiger partial charge in [-0.1, -0.05) is 6.07 Å². The first-order valence-electron chi connectivity index (χ1n) is 2.68. The van der Waals surface area contributed by atoms with Gasteiger partial charge in [-0.15, -0.1) is 0 Å². The summed E-state index contributed by atoms with van der Waals surface area (Å²) in [7, 11) is 0. The summed E-state index contributed by atoms with van der Waals surface area (Å²) in [5.74, 6) is 0. The molecule has 3 heteroatoms. The number of fused-ring (bicyclic) bond motifs is 1. The summed E-state index contributed by atoms with van der Waals surface area (Å²) in [5, 5.41) is 0. The standard InChI is InChI=1S/C7H4NS.BrH/c1-2-4-7-6(3-1)8-5-9-7;/h1-4H;1H/q+1;/p-1. The van der Waals surface area contributed by atoms with Crippen LogP contribution in [0.1, 0.15) is 0 Å². The fraction of sp³-hybridized carbons (Fsp3) is 0. The number of thioether (sulfide) groups is 1. The molecule has 1 aliphatic heterocycles. The predicted octanol–water partition coefficient (Wildman–Crippen LogP) is -0.667. The Balaban J connectivity index is 0.000000500. The molecule has 0 saturated carbocycles. The van der Waals surface area contributed by atoms with Gasteiger partial charge in [0.2, 0.25) is 5.69 Å². The lowest BCUT2D eigenvalue weighted by Gasteiger charge is -1.79. The van der Waals surface area contributed by atoms with E-state index in [2.05, 4.69) is 10.5 Å². The Morgan fingerprint density at radius 3 is 2.90 bits per heavy atom. The van der Waals surface area contributed by atoms with Crippen LogP contribution in [-0.4, -0.2) is 5.55 Å². The Hall–Kier alpha value is -0.370. The van der Waals surface area contributed by atoms with E-state index in [0.29, 0.717) is 0 Å². The van der Waals surface area contributed by atoms with Crippen LogP contribution in [0, 0.1) is 0 Å². The number of aliphatic imine (C=N–C) groups is 1. The third-order valence-corrected chi connectivity index (χ3v) is 1.93. The zero-order chi connectivity index (χ0) is 6.10. The Labute approximate surface area is 74.3 Å². The van der Waals surface area contributed by atoms with Crippen molar-refractivity contribution in [2.45, 2.75) is 4.90 Å². The molecule has 0 unspecified atom stereocenters. The molecule has 0 bridgehead atoms. The summed E-state index contributed by atoms with van der Waals surface area (Å²) >= 11 is 1.55. The van der Waals surface area contributed by atoms with Gasteiger partial charge in [-0.2, -0.15) is 0 Å². The second kappa shape index (κ2) is 3.15. The maximum absolute atomic E-state index is 4.01. The Morgan fingerprint density at radius 1 is 1.30 bits per heavy atom. The SMILES string of the molecule is [Br-].[C+]1=Nc2ccccc2S1. The van der Waals surface area contributed by atoms with Gasteiger partial charge >= 0.3 is 0 Å². The highest BCUT2D eigenvalue weighted by molar-refractivity contribution is 8.12. The van der Waals surface area contributed by atoms with E-state index in [0.717, 1.165) is 5.69 Å². The molecule has 1 aliphatic rings. The molecule has 0 amide bonds. The van der Waals surface area contributed by atoms with Crippen molar-refractivity contribution >= 4 is 23.0 Å². The van der Waals surface area contributed by atoms with Crippen molar-refractivity contribution in [3.8, 4) is 0 Å². The van der Waals surface area contributed by atoms with Crippen molar-refractivity contribution in [3.63, 3.8) is 0 Å². The van der Waals surface area contributed by atoms with Gasteiger partial charge in [0, 0.05) is 4.99 Å². The minimum absolute atomic E-state index is 0. The Bertz CT molecular complexity index is 260. The summed E-state index contributed by atoms with van der Waals surface area (Å²) in [5.41, 5.74) is 3.87. The van der Waals surface area contributed by atoms with Gasteiger partial charge in [0.25, 0.3) is 5.55 Å². The molecule has 1 nitrogen and oxygen atoms in total. The van der Waals surface area contributed by atoms with Crippen LogP contribution in [0.2, 0.25) is 0 Å². The molecule has 0 aliphatic carbocycles. The van der Waals surface area contributed by atoms with Crippen LogP contribution in [0.3, 0.4) is 0 Å². The fourth-order valence-electron chi connectivity index (χ4n) is 0.757. The average molecular weight is 214 g/mol. The summed E-state index contributed by atoms with van der Waals surface area (Å²) in [6.07, 6.45) is 0. The number of benzene rings is 1. The number of rotatable bonds is 0. The zero-order valence-electron chi connectivity index (χ0n) is 5.04. The van der Waals surface area contributed by atoms with Gasteiger partial charge in [0.1, 0.15) is 11.8 Å². The quantitative estimate of drug-likeness (QED) is 0.522. The second-order valence-corrected chi connectivity index (χ2v) is 2.60. The van der Waals surface area contributed by atoms with E-state index in [9.17, 15) is 0 Å². The monoisotopic (exact) mass is 213 g/mol. The largest absolute Gasteiger partial charge is 1.00 e. The maximum atomic E-state index is 4.01. The van der Waals surface area contributed by atoms with E-state index in [-0.39, 0.29) is 17.0 Å². The van der Waals surface area contributed by atoms with Gasteiger partial charge in [0.15, 0.2) is 4.90 Å². The maximum Gasteiger partial charge on any atom is 0.272 e. The lowest BCUT2D eigenvalue weighted by molar-refractivity contribution is -0.00000171. The molecule has 1 heterocycles. The third-order valence-electron chi connectivity index (χ3n) is 1.19.